The summed E-state index contributed by atoms with van der Waals surface area (Å²) in [5.41, 5.74) is 9.76. The molecule has 4 aromatic heterocycles. The second-order valence-electron chi connectivity index (χ2n) is 21.5. The van der Waals surface area contributed by atoms with Crippen LogP contribution in [0.3, 0.4) is 0 Å². The molecular weight excluding hydrogens is 969 g/mol. The van der Waals surface area contributed by atoms with Crippen LogP contribution in [-0.4, -0.2) is 99.7 Å². The third kappa shape index (κ3) is 4.44. The number of rotatable bonds is 4. The Morgan fingerprint density at radius 3 is 0.697 bits per heavy atom. The quantitative estimate of drug-likeness (QED) is 0.166. The molecule has 6 aromatic carbocycles. The summed E-state index contributed by atoms with van der Waals surface area (Å²) in [7, 11) is -9.57. The fourth-order valence-electron chi connectivity index (χ4n) is 16.4. The first kappa shape index (κ1) is 44.9. The number of nitrogens with zero attached hydrogens (tertiary/aromatic N) is 8. The Hall–Kier alpha value is -8.53. The molecule has 12 heteroatoms. The zero-order chi connectivity index (χ0) is 50.5. The molecule has 0 N–H and O–H groups in total. The van der Waals surface area contributed by atoms with Gasteiger partial charge in [-0.25, -0.2) is 0 Å². The van der Waals surface area contributed by atoms with Gasteiger partial charge in [-0.1, -0.05) is 0 Å². The number of hydrogen-bond acceptors (Lipinski definition) is 2. The van der Waals surface area contributed by atoms with Gasteiger partial charge in [0.15, 0.2) is 0 Å². The number of ether oxygens (including phenoxy) is 2. The van der Waals surface area contributed by atoms with E-state index in [1.54, 1.807) is 0 Å². The standard InChI is InChI=1S/2C28H22N4Si.2C4H8O/c2*1-3-13-25(14-4-1)33(26-15-5-2-6-16-26)29-19-9-11-23(29)21-31(33)27-17-7-8-18-28(27)32(33)22-24-12-10-20-30(24)33;2*1-2-4-5-3-1/h2*1-22H;2*1-4H2. The number of para-hydroxylation sites is 4. The Bertz CT molecular complexity index is 3580. The fourth-order valence-corrected chi connectivity index (χ4v) is 37.6. The Morgan fingerprint density at radius 1 is 0.263 bits per heavy atom. The third-order valence-corrected chi connectivity index (χ3v) is 37.6. The van der Waals surface area contributed by atoms with Gasteiger partial charge in [-0.2, -0.15) is 0 Å². The normalized spacial score (nSPS) is 21.5. The average molecular weight is 1030 g/mol. The molecule has 2 saturated heterocycles. The molecule has 0 amide bonds. The van der Waals surface area contributed by atoms with Gasteiger partial charge in [0.25, 0.3) is 0 Å². The molecule has 8 aliphatic rings. The van der Waals surface area contributed by atoms with Crippen LogP contribution < -0.4 is 20.7 Å². The second-order valence-corrected chi connectivity index (χ2v) is 34.2. The minimum Gasteiger partial charge on any atom is -0.381 e. The van der Waals surface area contributed by atoms with Crippen molar-refractivity contribution >= 4 is 82.9 Å². The summed E-state index contributed by atoms with van der Waals surface area (Å²) in [6.45, 7) is 4.00. The van der Waals surface area contributed by atoms with Gasteiger partial charge in [0, 0.05) is 26.4 Å². The second kappa shape index (κ2) is 15.5. The van der Waals surface area contributed by atoms with Gasteiger partial charge in [0.05, 0.1) is 0 Å². The van der Waals surface area contributed by atoms with Crippen molar-refractivity contribution in [3.8, 4) is 0 Å². The van der Waals surface area contributed by atoms with Crippen molar-refractivity contribution in [2.45, 2.75) is 25.7 Å². The third-order valence-electron chi connectivity index (χ3n) is 18.9. The molecule has 376 valence electrons. The van der Waals surface area contributed by atoms with Gasteiger partial charge in [0.1, 0.15) is 0 Å². The average Bonchev–Trinajstić information content (AvgIpc) is 1.60. The van der Waals surface area contributed by atoms with Crippen molar-refractivity contribution in [1.29, 1.82) is 0 Å². The summed E-state index contributed by atoms with van der Waals surface area (Å²) in [4.78, 5) is 0. The molecule has 10 nitrogen and oxygen atoms in total. The van der Waals surface area contributed by atoms with E-state index >= 15 is 0 Å². The Labute approximate surface area is 442 Å². The number of aromatic nitrogens is 4. The van der Waals surface area contributed by atoms with Gasteiger partial charge >= 0.3 is 383 Å². The molecule has 2 fully saturated rings. The SMILES string of the molecule is C1=[N+]2c3ccccc3[N+]3=Cc4cccn4[Si-2]23(c2ccccc2)(c2ccccc2)n2cccc21.C1=[N+]2c3ccccc3[N+]3=Cc4cccn4[Si-2]23(c2ccccc2)(c2ccccc2)n2cccc21.C1CCOC1.C1CCOC1. The van der Waals surface area contributed by atoms with Gasteiger partial charge in [-0.05, 0) is 25.7 Å². The first-order chi connectivity index (χ1) is 37.6. The summed E-state index contributed by atoms with van der Waals surface area (Å²) in [5, 5.41) is 5.19. The van der Waals surface area contributed by atoms with Gasteiger partial charge in [-0.3, -0.25) is 0 Å². The predicted molar refractivity (Wildman–Crippen MR) is 308 cm³/mol. The summed E-state index contributed by atoms with van der Waals surface area (Å²) >= 11 is 0. The first-order valence-corrected chi connectivity index (χ1v) is 32.6. The van der Waals surface area contributed by atoms with Crippen LogP contribution >= 0.6 is 0 Å². The predicted octanol–water partition coefficient (Wildman–Crippen LogP) is 9.02. The molecule has 0 unspecified atom stereocenters. The number of fused-ring (bicyclic) bond motifs is 10. The summed E-state index contributed by atoms with van der Waals surface area (Å²) < 4.78 is 30.9. The summed E-state index contributed by atoms with van der Waals surface area (Å²) in [5.74, 6) is 0. The molecule has 0 aliphatic carbocycles. The zero-order valence-electron chi connectivity index (χ0n) is 42.5. The maximum Gasteiger partial charge on any atom is 0.0466 e. The molecular formula is C64H60N8O2Si2. The van der Waals surface area contributed by atoms with E-state index in [0.29, 0.717) is 0 Å². The largest absolute Gasteiger partial charge is 0.381 e. The van der Waals surface area contributed by atoms with Crippen molar-refractivity contribution < 1.29 is 26.4 Å². The minimum atomic E-state index is -4.78. The van der Waals surface area contributed by atoms with Crippen molar-refractivity contribution in [2.75, 3.05) is 26.4 Å². The van der Waals surface area contributed by atoms with Crippen LogP contribution in [0.15, 0.2) is 243 Å². The minimum absolute atomic E-state index is 1.00. The molecule has 8 aliphatic heterocycles. The number of hydrogen-bond donors (Lipinski definition) is 0. The van der Waals surface area contributed by atoms with Crippen LogP contribution in [0, 0.1) is 0 Å². The molecule has 76 heavy (non-hydrogen) atoms. The first-order valence-electron chi connectivity index (χ1n) is 27.1. The van der Waals surface area contributed by atoms with Crippen LogP contribution in [0.25, 0.3) is 0 Å². The molecule has 0 radical (unpaired) electrons. The van der Waals surface area contributed by atoms with E-state index in [0.717, 1.165) is 26.4 Å². The van der Waals surface area contributed by atoms with Crippen LogP contribution in [-0.2, 0) is 9.47 Å². The van der Waals surface area contributed by atoms with Gasteiger partial charge in [-0.15, -0.1) is 0 Å². The molecule has 12 heterocycles. The monoisotopic (exact) mass is 1030 g/mol. The van der Waals surface area contributed by atoms with Crippen molar-refractivity contribution in [3.63, 3.8) is 0 Å². The Morgan fingerprint density at radius 2 is 0.487 bits per heavy atom. The van der Waals surface area contributed by atoms with Crippen molar-refractivity contribution in [3.05, 3.63) is 266 Å². The van der Waals surface area contributed by atoms with Gasteiger partial charge < -0.3 is 9.47 Å². The van der Waals surface area contributed by atoms with E-state index in [1.165, 1.54) is 92.0 Å². The number of benzene rings is 6. The smallest absolute Gasteiger partial charge is 0.0466 e. The molecule has 0 atom stereocenters. The van der Waals surface area contributed by atoms with Crippen LogP contribution in [0.1, 0.15) is 48.5 Å². The molecule has 2 spiro atoms. The van der Waals surface area contributed by atoms with E-state index < -0.39 is 14.5 Å². The van der Waals surface area contributed by atoms with E-state index in [1.807, 2.05) is 0 Å². The molecule has 0 saturated carbocycles. The van der Waals surface area contributed by atoms with Gasteiger partial charge in [0.2, 0.25) is 0 Å². The van der Waals surface area contributed by atoms with E-state index in [4.69, 9.17) is 9.47 Å². The fraction of sp³-hybridized carbons (Fsp3) is 0.125. The van der Waals surface area contributed by atoms with E-state index in [-0.39, 0.29) is 0 Å². The summed E-state index contributed by atoms with van der Waals surface area (Å²) in [6, 6.07) is 79.9. The maximum atomic E-state index is 4.94. The van der Waals surface area contributed by atoms with Crippen molar-refractivity contribution in [2.24, 2.45) is 0 Å². The van der Waals surface area contributed by atoms with Crippen LogP contribution in [0.5, 0.6) is 0 Å². The van der Waals surface area contributed by atoms with Crippen LogP contribution in [0.4, 0.5) is 22.7 Å². The Balaban J connectivity index is 0.000000113. The van der Waals surface area contributed by atoms with Crippen molar-refractivity contribution in [1.82, 2.24) is 16.9 Å². The van der Waals surface area contributed by atoms with E-state index in [9.17, 15) is 0 Å². The Kier molecular flexibility index (Phi) is 9.18. The topological polar surface area (TPSA) is 50.2 Å². The molecule has 18 rings (SSSR count). The maximum absolute atomic E-state index is 4.94. The molecule has 10 aromatic rings. The van der Waals surface area contributed by atoms with Crippen LogP contribution in [0.2, 0.25) is 0 Å². The zero-order valence-corrected chi connectivity index (χ0v) is 44.5. The molecule has 0 bridgehead atoms. The van der Waals surface area contributed by atoms with E-state index in [2.05, 4.69) is 302 Å². The summed E-state index contributed by atoms with van der Waals surface area (Å²) in [6.07, 6.45) is 23.7.